The average Bonchev–Trinajstić information content (AvgIpc) is 2.44. The molecular weight excluding hydrogens is 250 g/mol. The van der Waals surface area contributed by atoms with E-state index in [1.54, 1.807) is 0 Å². The van der Waals surface area contributed by atoms with Gasteiger partial charge in [0.15, 0.2) is 0 Å². The van der Waals surface area contributed by atoms with Crippen LogP contribution in [0.5, 0.6) is 0 Å². The number of hydrogen-bond donors (Lipinski definition) is 2. The molecule has 1 aliphatic heterocycles. The molecule has 0 aromatic heterocycles. The lowest BCUT2D eigenvalue weighted by molar-refractivity contribution is 0.0935. The SMILES string of the molecule is CC(CCN(C)C)NC(=O)c1cccc2c1CCNC2. The molecule has 1 heterocycles. The number of amides is 1. The summed E-state index contributed by atoms with van der Waals surface area (Å²) in [5.41, 5.74) is 3.31. The molecule has 20 heavy (non-hydrogen) atoms. The molecule has 0 spiro atoms. The van der Waals surface area contributed by atoms with Gasteiger partial charge in [-0.1, -0.05) is 12.1 Å². The molecule has 0 radical (unpaired) electrons. The number of fused-ring (bicyclic) bond motifs is 1. The standard InChI is InChI=1S/C16H25N3O/c1-12(8-10-19(2)3)18-16(20)15-6-4-5-13-11-17-9-7-14(13)15/h4-6,12,17H,7-11H2,1-3H3,(H,18,20). The first-order valence-corrected chi connectivity index (χ1v) is 7.35. The van der Waals surface area contributed by atoms with Crippen LogP contribution in [0, 0.1) is 0 Å². The highest BCUT2D eigenvalue weighted by Gasteiger charge is 2.18. The van der Waals surface area contributed by atoms with Gasteiger partial charge in [-0.05, 0) is 64.1 Å². The number of hydrogen-bond acceptors (Lipinski definition) is 3. The van der Waals surface area contributed by atoms with Gasteiger partial charge in [0.1, 0.15) is 0 Å². The van der Waals surface area contributed by atoms with Crippen LogP contribution < -0.4 is 10.6 Å². The molecule has 1 aliphatic rings. The second-order valence-electron chi connectivity index (χ2n) is 5.84. The highest BCUT2D eigenvalue weighted by molar-refractivity contribution is 5.96. The first kappa shape index (κ1) is 15.0. The van der Waals surface area contributed by atoms with Gasteiger partial charge in [0, 0.05) is 18.2 Å². The maximum Gasteiger partial charge on any atom is 0.251 e. The number of nitrogens with one attached hydrogen (secondary N) is 2. The molecule has 1 amide bonds. The predicted octanol–water partition coefficient (Wildman–Crippen LogP) is 1.40. The van der Waals surface area contributed by atoms with E-state index in [-0.39, 0.29) is 11.9 Å². The molecule has 0 saturated carbocycles. The normalized spacial score (nSPS) is 15.8. The monoisotopic (exact) mass is 275 g/mol. The summed E-state index contributed by atoms with van der Waals surface area (Å²) in [4.78, 5) is 14.6. The third kappa shape index (κ3) is 3.81. The molecule has 0 bridgehead atoms. The minimum Gasteiger partial charge on any atom is -0.350 e. The van der Waals surface area contributed by atoms with Crippen molar-refractivity contribution in [2.45, 2.75) is 32.4 Å². The van der Waals surface area contributed by atoms with E-state index >= 15 is 0 Å². The van der Waals surface area contributed by atoms with Crippen molar-refractivity contribution in [2.75, 3.05) is 27.2 Å². The van der Waals surface area contributed by atoms with Crippen LogP contribution in [0.1, 0.15) is 34.8 Å². The Labute approximate surface area is 121 Å². The third-order valence-corrected chi connectivity index (χ3v) is 3.77. The summed E-state index contributed by atoms with van der Waals surface area (Å²) >= 11 is 0. The fraction of sp³-hybridized carbons (Fsp3) is 0.562. The van der Waals surface area contributed by atoms with Crippen LogP contribution >= 0.6 is 0 Å². The van der Waals surface area contributed by atoms with Crippen molar-refractivity contribution in [1.82, 2.24) is 15.5 Å². The Balaban J connectivity index is 2.02. The van der Waals surface area contributed by atoms with Gasteiger partial charge in [-0.25, -0.2) is 0 Å². The van der Waals surface area contributed by atoms with E-state index < -0.39 is 0 Å². The van der Waals surface area contributed by atoms with Crippen molar-refractivity contribution >= 4 is 5.91 Å². The van der Waals surface area contributed by atoms with Crippen LogP contribution in [0.4, 0.5) is 0 Å². The summed E-state index contributed by atoms with van der Waals surface area (Å²) < 4.78 is 0. The molecule has 0 fully saturated rings. The van der Waals surface area contributed by atoms with Gasteiger partial charge in [-0.2, -0.15) is 0 Å². The molecule has 1 unspecified atom stereocenters. The molecule has 1 aromatic carbocycles. The van der Waals surface area contributed by atoms with Crippen LogP contribution in [0.25, 0.3) is 0 Å². The first-order chi connectivity index (χ1) is 9.58. The Morgan fingerprint density at radius 3 is 3.00 bits per heavy atom. The van der Waals surface area contributed by atoms with E-state index in [0.717, 1.165) is 38.0 Å². The minimum absolute atomic E-state index is 0.0648. The molecule has 0 aliphatic carbocycles. The second kappa shape index (κ2) is 6.86. The van der Waals surface area contributed by atoms with Crippen LogP contribution in [-0.2, 0) is 13.0 Å². The third-order valence-electron chi connectivity index (χ3n) is 3.77. The maximum atomic E-state index is 12.4. The van der Waals surface area contributed by atoms with Gasteiger partial charge in [-0.3, -0.25) is 4.79 Å². The largest absolute Gasteiger partial charge is 0.350 e. The molecule has 0 saturated heterocycles. The van der Waals surface area contributed by atoms with Gasteiger partial charge < -0.3 is 15.5 Å². The van der Waals surface area contributed by atoms with E-state index in [9.17, 15) is 4.79 Å². The Kier molecular flexibility index (Phi) is 5.15. The highest BCUT2D eigenvalue weighted by Crippen LogP contribution is 2.18. The zero-order valence-corrected chi connectivity index (χ0v) is 12.7. The topological polar surface area (TPSA) is 44.4 Å². The summed E-state index contributed by atoms with van der Waals surface area (Å²) in [5.74, 6) is 0.0648. The van der Waals surface area contributed by atoms with Gasteiger partial charge in [0.2, 0.25) is 0 Å². The van der Waals surface area contributed by atoms with Gasteiger partial charge in [-0.15, -0.1) is 0 Å². The van der Waals surface area contributed by atoms with Crippen molar-refractivity contribution < 1.29 is 4.79 Å². The number of carbonyl (C=O) groups is 1. The Morgan fingerprint density at radius 1 is 1.45 bits per heavy atom. The molecule has 2 N–H and O–H groups in total. The number of benzene rings is 1. The van der Waals surface area contributed by atoms with E-state index in [1.165, 1.54) is 11.1 Å². The van der Waals surface area contributed by atoms with Crippen molar-refractivity contribution in [3.05, 3.63) is 34.9 Å². The van der Waals surface area contributed by atoms with E-state index in [1.807, 2.05) is 12.1 Å². The van der Waals surface area contributed by atoms with Crippen LogP contribution in [0.3, 0.4) is 0 Å². The molecule has 1 aromatic rings. The molecule has 110 valence electrons. The van der Waals surface area contributed by atoms with Gasteiger partial charge in [0.05, 0.1) is 0 Å². The van der Waals surface area contributed by atoms with E-state index in [4.69, 9.17) is 0 Å². The predicted molar refractivity (Wildman–Crippen MR) is 82.0 cm³/mol. The maximum absolute atomic E-state index is 12.4. The Bertz CT molecular complexity index is 471. The first-order valence-electron chi connectivity index (χ1n) is 7.35. The Morgan fingerprint density at radius 2 is 2.25 bits per heavy atom. The zero-order chi connectivity index (χ0) is 14.5. The van der Waals surface area contributed by atoms with Crippen molar-refractivity contribution in [3.8, 4) is 0 Å². The molecular formula is C16H25N3O. The summed E-state index contributed by atoms with van der Waals surface area (Å²) in [6.07, 6.45) is 1.90. The van der Waals surface area contributed by atoms with E-state index in [0.29, 0.717) is 0 Å². The molecule has 4 nitrogen and oxygen atoms in total. The lowest BCUT2D eigenvalue weighted by Crippen LogP contribution is -2.36. The quantitative estimate of drug-likeness (QED) is 0.854. The fourth-order valence-corrected chi connectivity index (χ4v) is 2.57. The summed E-state index contributed by atoms with van der Waals surface area (Å²) in [7, 11) is 4.10. The van der Waals surface area contributed by atoms with Crippen LogP contribution in [0.2, 0.25) is 0 Å². The number of nitrogens with zero attached hydrogens (tertiary/aromatic N) is 1. The Hall–Kier alpha value is -1.39. The molecule has 1 atom stereocenters. The fourth-order valence-electron chi connectivity index (χ4n) is 2.57. The van der Waals surface area contributed by atoms with Crippen molar-refractivity contribution in [2.24, 2.45) is 0 Å². The lowest BCUT2D eigenvalue weighted by atomic mass is 9.95. The molecule has 2 rings (SSSR count). The second-order valence-corrected chi connectivity index (χ2v) is 5.84. The van der Waals surface area contributed by atoms with Gasteiger partial charge in [0.25, 0.3) is 5.91 Å². The highest BCUT2D eigenvalue weighted by atomic mass is 16.1. The van der Waals surface area contributed by atoms with Gasteiger partial charge >= 0.3 is 0 Å². The number of carbonyl (C=O) groups excluding carboxylic acids is 1. The van der Waals surface area contributed by atoms with Crippen LogP contribution in [0.15, 0.2) is 18.2 Å². The smallest absolute Gasteiger partial charge is 0.251 e. The van der Waals surface area contributed by atoms with Crippen molar-refractivity contribution in [3.63, 3.8) is 0 Å². The zero-order valence-electron chi connectivity index (χ0n) is 12.7. The lowest BCUT2D eigenvalue weighted by Gasteiger charge is -2.21. The summed E-state index contributed by atoms with van der Waals surface area (Å²) in [6.45, 7) is 4.87. The number of rotatable bonds is 5. The molecule has 4 heteroatoms. The average molecular weight is 275 g/mol. The summed E-state index contributed by atoms with van der Waals surface area (Å²) in [6, 6.07) is 6.22. The van der Waals surface area contributed by atoms with E-state index in [2.05, 4.69) is 42.6 Å². The minimum atomic E-state index is 0.0648. The summed E-state index contributed by atoms with van der Waals surface area (Å²) in [5, 5.41) is 6.46. The van der Waals surface area contributed by atoms with Crippen molar-refractivity contribution in [1.29, 1.82) is 0 Å². The van der Waals surface area contributed by atoms with Crippen LogP contribution in [-0.4, -0.2) is 44.0 Å².